The average Bonchev–Trinajstić information content (AvgIpc) is 3.26. The Kier molecular flexibility index (Phi) is 4.97. The van der Waals surface area contributed by atoms with E-state index in [2.05, 4.69) is 27.3 Å². The number of thiazole rings is 1. The summed E-state index contributed by atoms with van der Waals surface area (Å²) in [6.07, 6.45) is 3.36. The molecule has 128 valence electrons. The Balaban J connectivity index is 1.59. The quantitative estimate of drug-likeness (QED) is 0.371. The van der Waals surface area contributed by atoms with Gasteiger partial charge in [-0.15, -0.1) is 22.7 Å². The molecule has 1 amide bonds. The molecule has 26 heavy (non-hydrogen) atoms. The Labute approximate surface area is 167 Å². The van der Waals surface area contributed by atoms with Crippen LogP contribution in [0.2, 0.25) is 0 Å². The van der Waals surface area contributed by atoms with Crippen molar-refractivity contribution in [2.24, 2.45) is 0 Å². The SMILES string of the molecule is O=C(/C=C/c1ccc(Br)s1)Nc1ccccc1-c1nc2ccccc2s1. The van der Waals surface area contributed by atoms with Gasteiger partial charge in [-0.2, -0.15) is 0 Å². The van der Waals surface area contributed by atoms with Crippen molar-refractivity contribution in [1.82, 2.24) is 4.98 Å². The fourth-order valence-electron chi connectivity index (χ4n) is 2.52. The summed E-state index contributed by atoms with van der Waals surface area (Å²) in [7, 11) is 0. The second-order valence-electron chi connectivity index (χ2n) is 5.50. The van der Waals surface area contributed by atoms with Crippen LogP contribution in [0.15, 0.2) is 70.5 Å². The number of anilines is 1. The van der Waals surface area contributed by atoms with Crippen LogP contribution in [0.4, 0.5) is 5.69 Å². The highest BCUT2D eigenvalue weighted by atomic mass is 79.9. The molecule has 0 aliphatic heterocycles. The van der Waals surface area contributed by atoms with Crippen LogP contribution in [0.3, 0.4) is 0 Å². The topological polar surface area (TPSA) is 42.0 Å². The number of amides is 1. The number of carbonyl (C=O) groups excluding carboxylic acids is 1. The minimum absolute atomic E-state index is 0.164. The largest absolute Gasteiger partial charge is 0.322 e. The van der Waals surface area contributed by atoms with E-state index in [1.807, 2.05) is 60.7 Å². The highest BCUT2D eigenvalue weighted by Gasteiger charge is 2.11. The number of carbonyl (C=O) groups is 1. The van der Waals surface area contributed by atoms with Gasteiger partial charge in [-0.1, -0.05) is 24.3 Å². The molecule has 4 rings (SSSR count). The number of para-hydroxylation sites is 2. The van der Waals surface area contributed by atoms with Gasteiger partial charge in [0, 0.05) is 16.5 Å². The van der Waals surface area contributed by atoms with Crippen molar-refractivity contribution >= 4 is 66.5 Å². The molecule has 6 heteroatoms. The van der Waals surface area contributed by atoms with Gasteiger partial charge in [0.05, 0.1) is 19.7 Å². The molecule has 3 nitrogen and oxygen atoms in total. The van der Waals surface area contributed by atoms with Crippen LogP contribution in [0.25, 0.3) is 26.9 Å². The molecule has 0 unspecified atom stereocenters. The normalized spacial score (nSPS) is 11.3. The Bertz CT molecular complexity index is 1080. The maximum Gasteiger partial charge on any atom is 0.248 e. The number of nitrogens with one attached hydrogen (secondary N) is 1. The Hall–Kier alpha value is -2.28. The van der Waals surface area contributed by atoms with Crippen LogP contribution in [0, 0.1) is 0 Å². The van der Waals surface area contributed by atoms with E-state index < -0.39 is 0 Å². The van der Waals surface area contributed by atoms with Crippen molar-refractivity contribution in [3.05, 3.63) is 75.4 Å². The standard InChI is InChI=1S/C20H13BrN2OS2/c21-18-11-9-13(25-18)10-12-19(24)22-15-6-2-1-5-14(15)20-23-16-7-3-4-8-17(16)26-20/h1-12H,(H,22,24)/b12-10+. The van der Waals surface area contributed by atoms with Gasteiger partial charge in [0.25, 0.3) is 0 Å². The van der Waals surface area contributed by atoms with Gasteiger partial charge in [-0.05, 0) is 58.4 Å². The molecular weight excluding hydrogens is 428 g/mol. The Morgan fingerprint density at radius 1 is 1.00 bits per heavy atom. The molecule has 2 aromatic carbocycles. The van der Waals surface area contributed by atoms with E-state index in [0.29, 0.717) is 0 Å². The minimum Gasteiger partial charge on any atom is -0.322 e. The molecule has 2 heterocycles. The monoisotopic (exact) mass is 440 g/mol. The predicted octanol–water partition coefficient (Wildman–Crippen LogP) is 6.44. The van der Waals surface area contributed by atoms with Crippen LogP contribution in [-0.4, -0.2) is 10.9 Å². The van der Waals surface area contributed by atoms with Gasteiger partial charge >= 0.3 is 0 Å². The Morgan fingerprint density at radius 3 is 2.62 bits per heavy atom. The summed E-state index contributed by atoms with van der Waals surface area (Å²) in [6.45, 7) is 0. The number of halogens is 1. The molecule has 0 atom stereocenters. The molecule has 0 aliphatic rings. The number of nitrogens with zero attached hydrogens (tertiary/aromatic N) is 1. The van der Waals surface area contributed by atoms with Crippen molar-refractivity contribution in [1.29, 1.82) is 0 Å². The fourth-order valence-corrected chi connectivity index (χ4v) is 4.85. The molecule has 4 aromatic rings. The van der Waals surface area contributed by atoms with Crippen LogP contribution < -0.4 is 5.32 Å². The van der Waals surface area contributed by atoms with Crippen LogP contribution in [-0.2, 0) is 4.79 Å². The van der Waals surface area contributed by atoms with Crippen molar-refractivity contribution < 1.29 is 4.79 Å². The first-order valence-corrected chi connectivity index (χ1v) is 10.3. The zero-order chi connectivity index (χ0) is 17.9. The minimum atomic E-state index is -0.164. The first kappa shape index (κ1) is 17.1. The summed E-state index contributed by atoms with van der Waals surface area (Å²) in [5.41, 5.74) is 2.65. The molecule has 0 aliphatic carbocycles. The van der Waals surface area contributed by atoms with Crippen molar-refractivity contribution in [2.45, 2.75) is 0 Å². The third-order valence-electron chi connectivity index (χ3n) is 3.70. The second-order valence-corrected chi connectivity index (χ2v) is 9.02. The first-order valence-electron chi connectivity index (χ1n) is 7.88. The number of benzene rings is 2. The number of hydrogen-bond acceptors (Lipinski definition) is 4. The summed E-state index contributed by atoms with van der Waals surface area (Å²) in [6, 6.07) is 19.7. The van der Waals surface area contributed by atoms with Gasteiger partial charge in [-0.3, -0.25) is 4.79 Å². The first-order chi connectivity index (χ1) is 12.7. The van der Waals surface area contributed by atoms with Crippen LogP contribution in [0.5, 0.6) is 0 Å². The number of rotatable bonds is 4. The van der Waals surface area contributed by atoms with Crippen molar-refractivity contribution in [2.75, 3.05) is 5.32 Å². The van der Waals surface area contributed by atoms with Gasteiger partial charge < -0.3 is 5.32 Å². The summed E-state index contributed by atoms with van der Waals surface area (Å²) in [5.74, 6) is -0.164. The molecule has 0 saturated heterocycles. The van der Waals surface area contributed by atoms with E-state index >= 15 is 0 Å². The lowest BCUT2D eigenvalue weighted by Crippen LogP contribution is -2.08. The lowest BCUT2D eigenvalue weighted by atomic mass is 10.2. The van der Waals surface area contributed by atoms with E-state index in [0.717, 1.165) is 35.1 Å². The van der Waals surface area contributed by atoms with E-state index in [1.54, 1.807) is 28.7 Å². The molecule has 0 saturated carbocycles. The van der Waals surface area contributed by atoms with Crippen molar-refractivity contribution in [3.63, 3.8) is 0 Å². The number of thiophene rings is 1. The molecule has 1 N–H and O–H groups in total. The predicted molar refractivity (Wildman–Crippen MR) is 115 cm³/mol. The number of aromatic nitrogens is 1. The van der Waals surface area contributed by atoms with Gasteiger partial charge in [0.1, 0.15) is 5.01 Å². The van der Waals surface area contributed by atoms with Crippen molar-refractivity contribution in [3.8, 4) is 10.6 Å². The lowest BCUT2D eigenvalue weighted by Gasteiger charge is -2.07. The summed E-state index contributed by atoms with van der Waals surface area (Å²) < 4.78 is 2.17. The highest BCUT2D eigenvalue weighted by Crippen LogP contribution is 2.34. The summed E-state index contributed by atoms with van der Waals surface area (Å²) >= 11 is 6.62. The molecule has 0 radical (unpaired) electrons. The fraction of sp³-hybridized carbons (Fsp3) is 0. The average molecular weight is 441 g/mol. The van der Waals surface area contributed by atoms with E-state index in [-0.39, 0.29) is 5.91 Å². The third kappa shape index (κ3) is 3.77. The van der Waals surface area contributed by atoms with Crippen LogP contribution >= 0.6 is 38.6 Å². The molecule has 2 aromatic heterocycles. The lowest BCUT2D eigenvalue weighted by molar-refractivity contribution is -0.111. The van der Waals surface area contributed by atoms with Gasteiger partial charge in [0.2, 0.25) is 5.91 Å². The molecular formula is C20H13BrN2OS2. The Morgan fingerprint density at radius 2 is 1.81 bits per heavy atom. The molecule has 0 spiro atoms. The summed E-state index contributed by atoms with van der Waals surface area (Å²) in [4.78, 5) is 18.0. The van der Waals surface area contributed by atoms with Gasteiger partial charge in [-0.25, -0.2) is 4.98 Å². The molecule has 0 fully saturated rings. The number of fused-ring (bicyclic) bond motifs is 1. The maximum atomic E-state index is 12.3. The third-order valence-corrected chi connectivity index (χ3v) is 6.36. The van der Waals surface area contributed by atoms with E-state index in [9.17, 15) is 4.79 Å². The zero-order valence-electron chi connectivity index (χ0n) is 13.5. The maximum absolute atomic E-state index is 12.3. The van der Waals surface area contributed by atoms with E-state index in [1.165, 1.54) is 0 Å². The van der Waals surface area contributed by atoms with Crippen LogP contribution in [0.1, 0.15) is 4.88 Å². The van der Waals surface area contributed by atoms with E-state index in [4.69, 9.17) is 4.98 Å². The number of hydrogen-bond donors (Lipinski definition) is 1. The zero-order valence-corrected chi connectivity index (χ0v) is 16.7. The highest BCUT2D eigenvalue weighted by molar-refractivity contribution is 9.11. The molecule has 0 bridgehead atoms. The van der Waals surface area contributed by atoms with Gasteiger partial charge in [0.15, 0.2) is 0 Å². The smallest absolute Gasteiger partial charge is 0.248 e. The second kappa shape index (κ2) is 7.53. The summed E-state index contributed by atoms with van der Waals surface area (Å²) in [5, 5.41) is 3.86.